The number of hydrogen-bond donors (Lipinski definition) is 2. The smallest absolute Gasteiger partial charge is 0.423 e. The number of fused-ring (bicyclic) bond motifs is 9. The van der Waals surface area contributed by atoms with Gasteiger partial charge in [-0.2, -0.15) is 0 Å². The second-order valence-corrected chi connectivity index (χ2v) is 21.5. The Morgan fingerprint density at radius 2 is 0.588 bits per heavy atom. The van der Waals surface area contributed by atoms with Crippen molar-refractivity contribution in [2.45, 2.75) is 7.43 Å². The molecule has 6 heterocycles. The lowest BCUT2D eigenvalue weighted by Crippen LogP contribution is -2.30. The van der Waals surface area contributed by atoms with Crippen LogP contribution in [-0.4, -0.2) is 47.1 Å². The summed E-state index contributed by atoms with van der Waals surface area (Å²) < 4.78 is 2.31. The van der Waals surface area contributed by atoms with Crippen LogP contribution in [0.1, 0.15) is 7.43 Å². The highest BCUT2D eigenvalue weighted by atomic mass is 79.9. The first-order valence-corrected chi connectivity index (χ1v) is 27.4. The third-order valence-electron chi connectivity index (χ3n) is 15.5. The zero-order chi connectivity index (χ0) is 52.9. The topological polar surface area (TPSA) is 118 Å². The maximum Gasteiger partial charge on any atom is 0.489 e. The minimum absolute atomic E-state index is 0. The van der Waals surface area contributed by atoms with Crippen LogP contribution in [0.4, 0.5) is 0 Å². The molecule has 0 saturated heterocycles. The van der Waals surface area contributed by atoms with Gasteiger partial charge in [-0.15, -0.1) is 0 Å². The highest BCUT2D eigenvalue weighted by Gasteiger charge is 2.21. The summed E-state index contributed by atoms with van der Waals surface area (Å²) in [6, 6.07) is 65.7. The summed E-state index contributed by atoms with van der Waals surface area (Å²) >= 11 is 7.30. The van der Waals surface area contributed by atoms with Crippen molar-refractivity contribution in [2.75, 3.05) is 0 Å². The van der Waals surface area contributed by atoms with E-state index in [0.29, 0.717) is 16.4 Å². The summed E-state index contributed by atoms with van der Waals surface area (Å²) in [5.41, 5.74) is 10.4. The number of pyridine rings is 6. The molecule has 0 fully saturated rings. The molecule has 17 rings (SSSR count). The van der Waals surface area contributed by atoms with Gasteiger partial charge in [0.15, 0.2) is 0 Å². The molecule has 11 heteroatoms. The van der Waals surface area contributed by atoms with Gasteiger partial charge in [-0.25, -0.2) is 0 Å². The van der Waals surface area contributed by atoms with Crippen LogP contribution in [0.2, 0.25) is 0 Å². The summed E-state index contributed by atoms with van der Waals surface area (Å²) in [7, 11) is -1.51. The Labute approximate surface area is 475 Å². The minimum atomic E-state index is -1.51. The monoisotopic (exact) mass is 1160 g/mol. The van der Waals surface area contributed by atoms with Crippen molar-refractivity contribution >= 4 is 174 Å². The maximum absolute atomic E-state index is 9.39. The van der Waals surface area contributed by atoms with E-state index < -0.39 is 7.12 Å². The van der Waals surface area contributed by atoms with Gasteiger partial charge in [0.25, 0.3) is 0 Å². The van der Waals surface area contributed by atoms with E-state index in [1.807, 2.05) is 67.3 Å². The normalized spacial score (nSPS) is 11.7. The fourth-order valence-corrected chi connectivity index (χ4v) is 12.9. The molecule has 0 aliphatic heterocycles. The molecule has 0 spiro atoms. The van der Waals surface area contributed by atoms with E-state index in [1.54, 1.807) is 24.5 Å². The van der Waals surface area contributed by atoms with Gasteiger partial charge in [0, 0.05) is 78.4 Å². The fourth-order valence-electron chi connectivity index (χ4n) is 12.0. The van der Waals surface area contributed by atoms with Crippen LogP contribution in [0.3, 0.4) is 0 Å². The molecule has 6 aromatic heterocycles. The number of halogens is 2. The van der Waals surface area contributed by atoms with Gasteiger partial charge in [0.1, 0.15) is 0 Å². The van der Waals surface area contributed by atoms with Gasteiger partial charge in [-0.1, -0.05) is 167 Å². The third kappa shape index (κ3) is 7.87. The van der Waals surface area contributed by atoms with Crippen molar-refractivity contribution in [1.82, 2.24) is 29.9 Å². The molecule has 0 saturated carbocycles. The molecule has 8 nitrogen and oxygen atoms in total. The number of rotatable bonds is 3. The fraction of sp³-hybridized carbons (Fsp3) is 0.0145. The van der Waals surface area contributed by atoms with E-state index in [1.165, 1.54) is 86.9 Å². The van der Waals surface area contributed by atoms with Crippen LogP contribution >= 0.6 is 31.9 Å². The summed E-state index contributed by atoms with van der Waals surface area (Å²) in [5, 5.41) is 40.1. The van der Waals surface area contributed by atoms with Crippen LogP contribution in [-0.2, 0) is 0 Å². The molecule has 378 valence electrons. The van der Waals surface area contributed by atoms with Gasteiger partial charge in [0.2, 0.25) is 0 Å². The van der Waals surface area contributed by atoms with E-state index in [4.69, 9.17) is 9.97 Å². The molecular weight excluding hydrogens is 1120 g/mol. The lowest BCUT2D eigenvalue weighted by molar-refractivity contribution is 0.426. The Kier molecular flexibility index (Phi) is 12.1. The lowest BCUT2D eigenvalue weighted by Gasteiger charge is -2.18. The first kappa shape index (κ1) is 49.2. The van der Waals surface area contributed by atoms with Crippen molar-refractivity contribution in [3.8, 4) is 22.3 Å². The summed E-state index contributed by atoms with van der Waals surface area (Å²) in [5.74, 6) is 0. The van der Waals surface area contributed by atoms with Gasteiger partial charge < -0.3 is 10.0 Å². The molecule has 17 aromatic rings. The first-order chi connectivity index (χ1) is 38.9. The molecule has 0 unspecified atom stereocenters. The van der Waals surface area contributed by atoms with E-state index in [9.17, 15) is 10.0 Å². The quantitative estimate of drug-likeness (QED) is 0.133. The van der Waals surface area contributed by atoms with Crippen LogP contribution < -0.4 is 5.46 Å². The van der Waals surface area contributed by atoms with Crippen molar-refractivity contribution in [3.05, 3.63) is 234 Å². The van der Waals surface area contributed by atoms with Gasteiger partial charge >= 0.3 is 7.12 Å². The Morgan fingerprint density at radius 3 is 1.00 bits per heavy atom. The second kappa shape index (κ2) is 19.7. The Morgan fingerprint density at radius 1 is 0.275 bits per heavy atom. The molecular formula is C69H43BBr2N6O2. The van der Waals surface area contributed by atoms with E-state index in [0.717, 1.165) is 63.5 Å². The molecule has 0 aliphatic rings. The van der Waals surface area contributed by atoms with E-state index >= 15 is 0 Å². The Hall–Kier alpha value is -9.10. The Balaban J connectivity index is 0.000000131. The standard InChI is InChI=1S/C40H22N4.C16H8Br2.C12H9BN2O2.CH4/c1-5-25-21-33(31-7-3-19-43-39(31)37(25)41-17-1)27-13-9-23-12-16-30-28(14-10-24-11-15-29(27)35(23)36(24)30)34-22-26-6-2-18-42-38(26)40-32(34)8-4-20-44-40;17-13-8-4-10-2-6-12-14(18)7-3-9-1-5-11(13)16(10)15(9)12;16-13(17)10-7-8-3-1-5-14-11(8)12-9(10)4-2-6-15-12;/h1-22H;1-8H;1-7,16-17H;1H4. The molecule has 0 bridgehead atoms. The van der Waals surface area contributed by atoms with Gasteiger partial charge in [-0.05, 0) is 153 Å². The SMILES string of the molecule is Brc1ccc2ccc3c(Br)ccc4ccc1c2c43.C.OB(O)c1cc2cccnc2c2ncccc12.c1cnc2c(c1)cc(-c1ccc3ccc4c(-c5cc6cccnc6c6ncccc56)ccc5ccc1c3c54)c1cccnc12. The van der Waals surface area contributed by atoms with E-state index in [-0.39, 0.29) is 7.43 Å². The molecule has 2 N–H and O–H groups in total. The van der Waals surface area contributed by atoms with Crippen molar-refractivity contribution in [3.63, 3.8) is 0 Å². The third-order valence-corrected chi connectivity index (χ3v) is 16.9. The minimum Gasteiger partial charge on any atom is -0.423 e. The summed E-state index contributed by atoms with van der Waals surface area (Å²) in [6.45, 7) is 0. The van der Waals surface area contributed by atoms with Gasteiger partial charge in [-0.3, -0.25) is 29.9 Å². The number of aromatic nitrogens is 6. The second-order valence-electron chi connectivity index (χ2n) is 19.8. The molecule has 0 radical (unpaired) electrons. The zero-order valence-electron chi connectivity index (χ0n) is 41.8. The molecule has 0 atom stereocenters. The predicted octanol–water partition coefficient (Wildman–Crippen LogP) is 17.3. The average Bonchev–Trinajstić information content (AvgIpc) is 3.67. The number of nitrogens with zero attached hydrogens (tertiary/aromatic N) is 6. The van der Waals surface area contributed by atoms with Crippen LogP contribution in [0.5, 0.6) is 0 Å². The zero-order valence-corrected chi connectivity index (χ0v) is 44.9. The molecule has 0 amide bonds. The molecule has 11 aromatic carbocycles. The molecule has 80 heavy (non-hydrogen) atoms. The Bertz CT molecular complexity index is 5040. The molecule has 0 aliphatic carbocycles. The highest BCUT2D eigenvalue weighted by molar-refractivity contribution is 9.11. The lowest BCUT2D eigenvalue weighted by atomic mass is 9.77. The summed E-state index contributed by atoms with van der Waals surface area (Å²) in [6.07, 6.45) is 10.8. The highest BCUT2D eigenvalue weighted by Crippen LogP contribution is 2.46. The van der Waals surface area contributed by atoms with Crippen LogP contribution in [0, 0.1) is 0 Å². The van der Waals surface area contributed by atoms with Crippen molar-refractivity contribution in [2.24, 2.45) is 0 Å². The maximum atomic E-state index is 9.39. The van der Waals surface area contributed by atoms with Crippen molar-refractivity contribution < 1.29 is 10.0 Å². The number of hydrogen-bond acceptors (Lipinski definition) is 8. The average molecular weight is 1160 g/mol. The van der Waals surface area contributed by atoms with Crippen molar-refractivity contribution in [1.29, 1.82) is 0 Å². The van der Waals surface area contributed by atoms with Crippen LogP contribution in [0.15, 0.2) is 234 Å². The number of benzene rings is 11. The van der Waals surface area contributed by atoms with E-state index in [2.05, 4.69) is 185 Å². The van der Waals surface area contributed by atoms with Gasteiger partial charge in [0.05, 0.1) is 33.1 Å². The predicted molar refractivity (Wildman–Crippen MR) is 341 cm³/mol. The van der Waals surface area contributed by atoms with Crippen LogP contribution in [0.25, 0.3) is 152 Å². The summed E-state index contributed by atoms with van der Waals surface area (Å²) in [4.78, 5) is 27.5. The largest absolute Gasteiger partial charge is 0.489 e. The first-order valence-electron chi connectivity index (χ1n) is 25.8.